The van der Waals surface area contributed by atoms with Crippen LogP contribution < -0.4 is 0 Å². The van der Waals surface area contributed by atoms with E-state index in [-0.39, 0.29) is 17.4 Å². The predicted molar refractivity (Wildman–Crippen MR) is 202 cm³/mol. The Balaban J connectivity index is 3.13. The van der Waals surface area contributed by atoms with Crippen molar-refractivity contribution in [1.82, 2.24) is 0 Å². The first-order valence-corrected chi connectivity index (χ1v) is 19.3. The molecule has 0 spiro atoms. The molecule has 0 amide bonds. The summed E-state index contributed by atoms with van der Waals surface area (Å²) in [5.74, 6) is -1.23. The van der Waals surface area contributed by atoms with Crippen LogP contribution in [0, 0.1) is 35.5 Å². The smallest absolute Gasteiger partial charge is 0.333 e. The lowest BCUT2D eigenvalue weighted by Crippen LogP contribution is -2.60. The molecular weight excluding hydrogens is 704 g/mol. The number of rotatable bonds is 23. The van der Waals surface area contributed by atoms with E-state index in [1.165, 1.54) is 13.0 Å². The topological polar surface area (TPSA) is 247 Å². The summed E-state index contributed by atoms with van der Waals surface area (Å²) in [7, 11) is 0. The molecule has 1 rings (SSSR count). The molecule has 54 heavy (non-hydrogen) atoms. The summed E-state index contributed by atoms with van der Waals surface area (Å²) in [6.07, 6.45) is -6.45. The van der Waals surface area contributed by atoms with E-state index < -0.39 is 105 Å². The van der Waals surface area contributed by atoms with Crippen LogP contribution in [0.15, 0.2) is 34.9 Å². The van der Waals surface area contributed by atoms with Gasteiger partial charge in [0.15, 0.2) is 6.29 Å². The van der Waals surface area contributed by atoms with Crippen molar-refractivity contribution in [2.75, 3.05) is 19.8 Å². The van der Waals surface area contributed by atoms with Gasteiger partial charge >= 0.3 is 5.97 Å². The van der Waals surface area contributed by atoms with Crippen molar-refractivity contribution in [3.05, 3.63) is 34.9 Å². The molecule has 0 aliphatic carbocycles. The fraction of sp³-hybridized carbons (Fsp3) is 0.825. The summed E-state index contributed by atoms with van der Waals surface area (Å²) >= 11 is 0. The molecule has 0 aromatic carbocycles. The maximum absolute atomic E-state index is 12.5. The van der Waals surface area contributed by atoms with E-state index in [9.17, 15) is 50.8 Å². The molecule has 1 fully saturated rings. The van der Waals surface area contributed by atoms with Crippen LogP contribution in [0.2, 0.25) is 0 Å². The average molecular weight is 777 g/mol. The van der Waals surface area contributed by atoms with Gasteiger partial charge in [-0.05, 0) is 62.5 Å². The Morgan fingerprint density at radius 3 is 1.78 bits per heavy atom. The number of aliphatic hydroxyl groups excluding tert-OH is 10. The van der Waals surface area contributed by atoms with Gasteiger partial charge in [0.1, 0.15) is 49.3 Å². The Morgan fingerprint density at radius 2 is 1.26 bits per heavy atom. The van der Waals surface area contributed by atoms with Gasteiger partial charge < -0.3 is 65.3 Å². The zero-order valence-corrected chi connectivity index (χ0v) is 33.9. The van der Waals surface area contributed by atoms with Crippen LogP contribution in [-0.4, -0.2) is 144 Å². The molecule has 17 atom stereocenters. The van der Waals surface area contributed by atoms with Crippen molar-refractivity contribution in [1.29, 1.82) is 0 Å². The minimum atomic E-state index is -1.71. The first-order chi connectivity index (χ1) is 25.1. The van der Waals surface area contributed by atoms with Gasteiger partial charge in [0.2, 0.25) is 0 Å². The molecule has 1 saturated heterocycles. The highest BCUT2D eigenvalue weighted by Gasteiger charge is 2.45. The summed E-state index contributed by atoms with van der Waals surface area (Å²) in [5.41, 5.74) is 1.33. The second-order valence-corrected chi connectivity index (χ2v) is 15.9. The van der Waals surface area contributed by atoms with Crippen molar-refractivity contribution >= 4 is 5.97 Å². The lowest BCUT2D eigenvalue weighted by molar-refractivity contribution is -0.317. The largest absolute Gasteiger partial charge is 0.459 e. The van der Waals surface area contributed by atoms with Gasteiger partial charge in [-0.25, -0.2) is 4.79 Å². The van der Waals surface area contributed by atoms with Crippen molar-refractivity contribution in [2.45, 2.75) is 156 Å². The van der Waals surface area contributed by atoms with Crippen molar-refractivity contribution in [2.24, 2.45) is 35.5 Å². The van der Waals surface area contributed by atoms with Gasteiger partial charge in [0.05, 0.1) is 31.5 Å². The molecule has 10 N–H and O–H groups in total. The Hall–Kier alpha value is -1.79. The molecule has 0 saturated carbocycles. The zero-order valence-electron chi connectivity index (χ0n) is 33.9. The molecular formula is C40H72O14. The predicted octanol–water partition coefficient (Wildman–Crippen LogP) is 1.36. The van der Waals surface area contributed by atoms with Crippen LogP contribution in [0.1, 0.15) is 88.5 Å². The van der Waals surface area contributed by atoms with Crippen LogP contribution in [0.3, 0.4) is 0 Å². The molecule has 0 bridgehead atoms. The minimum absolute atomic E-state index is 0.0477. The maximum Gasteiger partial charge on any atom is 0.333 e. The Labute approximate surface area is 321 Å². The number of ether oxygens (including phenoxy) is 3. The van der Waals surface area contributed by atoms with Gasteiger partial charge in [-0.1, -0.05) is 73.1 Å². The van der Waals surface area contributed by atoms with Crippen LogP contribution >= 0.6 is 0 Å². The fourth-order valence-electron chi connectivity index (χ4n) is 7.16. The van der Waals surface area contributed by atoms with Gasteiger partial charge in [0.25, 0.3) is 0 Å². The SMILES string of the molecule is CCC(C)CC(C)CC(C)C(OC1OC(CO)C(O)C(O)C1O)C(C)/C=C(\C)C(O)C(C)/C=C(\C)C(O)C(C)/C=C(\C)C(=O)OC[C@H](O)[C@H](O)[C@@H](O)CO. The fourth-order valence-corrected chi connectivity index (χ4v) is 7.16. The summed E-state index contributed by atoms with van der Waals surface area (Å²) in [6.45, 7) is 17.0. The standard InChI is InChI=1S/C40H72O14/c1-11-20(2)12-21(3)13-26(8)38(54-40-37(50)36(49)35(48)31(18-42)53-40)27(9)15-24(6)32(45)22(4)14-23(5)33(46)25(7)16-28(10)39(51)52-19-30(44)34(47)29(43)17-41/h14-16,20-22,25-27,29-38,40-50H,11-13,17-19H2,1-10H3/b23-14+,24-15+,28-16+/t20?,21?,22?,25?,26?,27?,29-,30-,31?,32?,33?,34+,35?,36?,37?,38?,40?/m0/s1. The molecule has 1 heterocycles. The number of hydrogen-bond donors (Lipinski definition) is 10. The quantitative estimate of drug-likeness (QED) is 0.0400. The summed E-state index contributed by atoms with van der Waals surface area (Å²) in [4.78, 5) is 12.5. The van der Waals surface area contributed by atoms with E-state index in [4.69, 9.17) is 19.3 Å². The molecule has 1 aliphatic rings. The van der Waals surface area contributed by atoms with E-state index in [1.807, 2.05) is 19.9 Å². The van der Waals surface area contributed by atoms with E-state index in [2.05, 4.69) is 20.8 Å². The van der Waals surface area contributed by atoms with Gasteiger partial charge in [-0.2, -0.15) is 0 Å². The average Bonchev–Trinajstić information content (AvgIpc) is 3.13. The minimum Gasteiger partial charge on any atom is -0.459 e. The number of esters is 1. The highest BCUT2D eigenvalue weighted by Crippen LogP contribution is 2.33. The van der Waals surface area contributed by atoms with Crippen LogP contribution in [0.4, 0.5) is 0 Å². The maximum atomic E-state index is 12.5. The van der Waals surface area contributed by atoms with Crippen molar-refractivity contribution in [3.8, 4) is 0 Å². The van der Waals surface area contributed by atoms with E-state index >= 15 is 0 Å². The third-order valence-electron chi connectivity index (χ3n) is 10.7. The summed E-state index contributed by atoms with van der Waals surface area (Å²) in [5, 5.41) is 102. The van der Waals surface area contributed by atoms with Gasteiger partial charge in [-0.3, -0.25) is 0 Å². The molecule has 316 valence electrons. The van der Waals surface area contributed by atoms with Gasteiger partial charge in [0, 0.05) is 23.3 Å². The molecule has 14 heteroatoms. The molecule has 0 aromatic rings. The van der Waals surface area contributed by atoms with E-state index in [0.717, 1.165) is 19.3 Å². The highest BCUT2D eigenvalue weighted by molar-refractivity contribution is 5.87. The van der Waals surface area contributed by atoms with E-state index in [0.29, 0.717) is 23.0 Å². The number of carbonyl (C=O) groups excluding carboxylic acids is 1. The Kier molecular flexibility index (Phi) is 22.4. The van der Waals surface area contributed by atoms with E-state index in [1.54, 1.807) is 33.8 Å². The normalized spacial score (nSPS) is 28.5. The first kappa shape index (κ1) is 50.2. The van der Waals surface area contributed by atoms with Crippen LogP contribution in [0.25, 0.3) is 0 Å². The van der Waals surface area contributed by atoms with Crippen molar-refractivity contribution < 1.29 is 70.1 Å². The molecule has 14 nitrogen and oxygen atoms in total. The molecule has 1 aliphatic heterocycles. The third-order valence-corrected chi connectivity index (χ3v) is 10.7. The molecule has 0 aromatic heterocycles. The first-order valence-electron chi connectivity index (χ1n) is 19.3. The second kappa shape index (κ2) is 24.1. The Morgan fingerprint density at radius 1 is 0.722 bits per heavy atom. The zero-order chi connectivity index (χ0) is 41.6. The summed E-state index contributed by atoms with van der Waals surface area (Å²) < 4.78 is 17.1. The third kappa shape index (κ3) is 15.3. The van der Waals surface area contributed by atoms with Crippen molar-refractivity contribution in [3.63, 3.8) is 0 Å². The number of carbonyl (C=O) groups is 1. The summed E-state index contributed by atoms with van der Waals surface area (Å²) in [6, 6.07) is 0. The molecule has 0 radical (unpaired) electrons. The number of aliphatic hydroxyl groups is 10. The highest BCUT2D eigenvalue weighted by atomic mass is 16.7. The van der Waals surface area contributed by atoms with Crippen LogP contribution in [0.5, 0.6) is 0 Å². The lowest BCUT2D eigenvalue weighted by atomic mass is 9.82. The number of hydrogen-bond acceptors (Lipinski definition) is 14. The molecule has 14 unspecified atom stereocenters. The Bertz CT molecular complexity index is 1190. The monoisotopic (exact) mass is 776 g/mol. The second-order valence-electron chi connectivity index (χ2n) is 15.9. The van der Waals surface area contributed by atoms with Crippen LogP contribution in [-0.2, 0) is 19.0 Å². The lowest BCUT2D eigenvalue weighted by Gasteiger charge is -2.42. The van der Waals surface area contributed by atoms with Gasteiger partial charge in [-0.15, -0.1) is 0 Å².